The van der Waals surface area contributed by atoms with E-state index in [2.05, 4.69) is 0 Å². The Morgan fingerprint density at radius 3 is 2.41 bits per heavy atom. The minimum Gasteiger partial charge on any atom is -0.493 e. The molecule has 0 aromatic heterocycles. The van der Waals surface area contributed by atoms with Gasteiger partial charge in [0.25, 0.3) is 11.1 Å². The number of rotatable bonds is 6. The summed E-state index contributed by atoms with van der Waals surface area (Å²) < 4.78 is 11.1. The van der Waals surface area contributed by atoms with Crippen LogP contribution in [0.2, 0.25) is 10.0 Å². The van der Waals surface area contributed by atoms with Crippen LogP contribution in [0.15, 0.2) is 41.3 Å². The number of carbonyl (C=O) groups excluding carboxylic acids is 2. The maximum atomic E-state index is 12.8. The largest absolute Gasteiger partial charge is 0.493 e. The van der Waals surface area contributed by atoms with E-state index in [0.717, 1.165) is 22.2 Å². The number of thioether (sulfide) groups is 1. The number of carbonyl (C=O) groups is 2. The molecule has 152 valence electrons. The van der Waals surface area contributed by atoms with E-state index in [0.29, 0.717) is 32.0 Å². The second kappa shape index (κ2) is 9.11. The first-order valence-electron chi connectivity index (χ1n) is 8.83. The van der Waals surface area contributed by atoms with E-state index < -0.39 is 5.91 Å². The Bertz CT molecular complexity index is 970. The smallest absolute Gasteiger partial charge is 0.293 e. The molecular formula is C21H19Cl2NO4S. The van der Waals surface area contributed by atoms with Crippen LogP contribution in [-0.2, 0) is 11.3 Å². The zero-order valence-corrected chi connectivity index (χ0v) is 18.4. The molecule has 2 aromatic rings. The summed E-state index contributed by atoms with van der Waals surface area (Å²) >= 11 is 13.2. The first-order valence-corrected chi connectivity index (χ1v) is 10.4. The maximum Gasteiger partial charge on any atom is 0.293 e. The lowest BCUT2D eigenvalue weighted by atomic mass is 10.1. The summed E-state index contributed by atoms with van der Waals surface area (Å²) in [5, 5.41) is 0.445. The molecule has 0 radical (unpaired) electrons. The molecule has 2 amide bonds. The third kappa shape index (κ3) is 4.89. The van der Waals surface area contributed by atoms with Gasteiger partial charge < -0.3 is 9.47 Å². The van der Waals surface area contributed by atoms with Crippen molar-refractivity contribution in [3.63, 3.8) is 0 Å². The molecule has 5 nitrogen and oxygen atoms in total. The fourth-order valence-electron chi connectivity index (χ4n) is 2.75. The van der Waals surface area contributed by atoms with Crippen LogP contribution in [-0.4, -0.2) is 29.3 Å². The van der Waals surface area contributed by atoms with Crippen molar-refractivity contribution in [3.8, 4) is 11.5 Å². The van der Waals surface area contributed by atoms with Gasteiger partial charge in [-0.3, -0.25) is 14.5 Å². The average Bonchev–Trinajstić information content (AvgIpc) is 2.92. The van der Waals surface area contributed by atoms with Crippen molar-refractivity contribution >= 4 is 52.2 Å². The van der Waals surface area contributed by atoms with Crippen molar-refractivity contribution in [2.75, 3.05) is 7.11 Å². The van der Waals surface area contributed by atoms with Gasteiger partial charge in [0.15, 0.2) is 11.5 Å². The predicted molar refractivity (Wildman–Crippen MR) is 117 cm³/mol. The van der Waals surface area contributed by atoms with Crippen LogP contribution in [0, 0.1) is 0 Å². The van der Waals surface area contributed by atoms with Crippen molar-refractivity contribution in [1.82, 2.24) is 4.90 Å². The Morgan fingerprint density at radius 2 is 1.79 bits per heavy atom. The summed E-state index contributed by atoms with van der Waals surface area (Å²) in [6, 6.07) is 10.4. The monoisotopic (exact) mass is 451 g/mol. The molecule has 2 aromatic carbocycles. The highest BCUT2D eigenvalue weighted by Gasteiger charge is 2.35. The summed E-state index contributed by atoms with van der Waals surface area (Å²) in [5.41, 5.74) is 1.26. The van der Waals surface area contributed by atoms with Gasteiger partial charge in [-0.1, -0.05) is 35.3 Å². The zero-order valence-electron chi connectivity index (χ0n) is 16.1. The molecular weight excluding hydrogens is 433 g/mol. The van der Waals surface area contributed by atoms with Gasteiger partial charge in [0.1, 0.15) is 0 Å². The second-order valence-corrected chi connectivity index (χ2v) is 8.35. The average molecular weight is 452 g/mol. The Kier molecular flexibility index (Phi) is 6.77. The number of nitrogens with zero attached hydrogens (tertiary/aromatic N) is 1. The summed E-state index contributed by atoms with van der Waals surface area (Å²) in [5.74, 6) is 0.771. The van der Waals surface area contributed by atoms with Gasteiger partial charge in [0, 0.05) is 15.6 Å². The number of hydrogen-bond donors (Lipinski definition) is 0. The lowest BCUT2D eigenvalue weighted by Gasteiger charge is -2.15. The number of methoxy groups -OCH3 is 1. The highest BCUT2D eigenvalue weighted by Crippen LogP contribution is 2.37. The normalized spacial score (nSPS) is 15.5. The highest BCUT2D eigenvalue weighted by molar-refractivity contribution is 8.18. The van der Waals surface area contributed by atoms with Crippen LogP contribution in [0.1, 0.15) is 25.0 Å². The van der Waals surface area contributed by atoms with E-state index >= 15 is 0 Å². The standard InChI is InChI=1S/C21H19Cl2NO4S/c1-12(2)28-17-8-7-13(9-18(17)27-3)10-19-20(25)24(21(26)29-19)11-14-15(22)5-4-6-16(14)23/h4-10,12H,11H2,1-3H3/b19-10+. The van der Waals surface area contributed by atoms with E-state index in [-0.39, 0.29) is 17.9 Å². The summed E-state index contributed by atoms with van der Waals surface area (Å²) in [7, 11) is 1.55. The quantitative estimate of drug-likeness (QED) is 0.502. The van der Waals surface area contributed by atoms with E-state index in [9.17, 15) is 9.59 Å². The molecule has 0 aliphatic carbocycles. The zero-order chi connectivity index (χ0) is 21.1. The Hall–Kier alpha value is -2.15. The maximum absolute atomic E-state index is 12.8. The fraction of sp³-hybridized carbons (Fsp3) is 0.238. The first kappa shape index (κ1) is 21.6. The molecule has 1 saturated heterocycles. The molecule has 0 bridgehead atoms. The summed E-state index contributed by atoms with van der Waals surface area (Å²) in [6.45, 7) is 3.87. The van der Waals surface area contributed by atoms with Crippen LogP contribution < -0.4 is 9.47 Å². The Balaban J connectivity index is 1.84. The predicted octanol–water partition coefficient (Wildman–Crippen LogP) is 6.03. The molecule has 0 atom stereocenters. The van der Waals surface area contributed by atoms with Crippen LogP contribution in [0.25, 0.3) is 6.08 Å². The molecule has 8 heteroatoms. The molecule has 29 heavy (non-hydrogen) atoms. The van der Waals surface area contributed by atoms with Gasteiger partial charge in [-0.05, 0) is 61.5 Å². The topological polar surface area (TPSA) is 55.8 Å². The van der Waals surface area contributed by atoms with Crippen molar-refractivity contribution in [3.05, 3.63) is 62.5 Å². The van der Waals surface area contributed by atoms with Gasteiger partial charge in [0.2, 0.25) is 0 Å². The summed E-state index contributed by atoms with van der Waals surface area (Å²) in [4.78, 5) is 26.6. The minimum absolute atomic E-state index is 0.00267. The van der Waals surface area contributed by atoms with Crippen molar-refractivity contribution in [2.45, 2.75) is 26.5 Å². The van der Waals surface area contributed by atoms with Crippen molar-refractivity contribution < 1.29 is 19.1 Å². The van der Waals surface area contributed by atoms with Crippen LogP contribution in [0.4, 0.5) is 4.79 Å². The van der Waals surface area contributed by atoms with Crippen LogP contribution in [0.5, 0.6) is 11.5 Å². The number of hydrogen-bond acceptors (Lipinski definition) is 5. The number of amides is 2. The molecule has 1 aliphatic rings. The second-order valence-electron chi connectivity index (χ2n) is 6.54. The Morgan fingerprint density at radius 1 is 1.10 bits per heavy atom. The minimum atomic E-state index is -0.391. The SMILES string of the molecule is COc1cc(/C=C2/SC(=O)N(Cc3c(Cl)cccc3Cl)C2=O)ccc1OC(C)C. The van der Waals surface area contributed by atoms with Gasteiger partial charge in [0.05, 0.1) is 24.7 Å². The first-order chi connectivity index (χ1) is 13.8. The third-order valence-electron chi connectivity index (χ3n) is 4.10. The van der Waals surface area contributed by atoms with E-state index in [1.807, 2.05) is 13.8 Å². The van der Waals surface area contributed by atoms with E-state index in [1.165, 1.54) is 0 Å². The molecule has 1 heterocycles. The third-order valence-corrected chi connectivity index (χ3v) is 5.72. The van der Waals surface area contributed by atoms with E-state index in [1.54, 1.807) is 49.6 Å². The highest BCUT2D eigenvalue weighted by atomic mass is 35.5. The summed E-state index contributed by atoms with van der Waals surface area (Å²) in [6.07, 6.45) is 1.66. The van der Waals surface area contributed by atoms with Crippen molar-refractivity contribution in [2.24, 2.45) is 0 Å². The number of benzene rings is 2. The molecule has 1 fully saturated rings. The number of ether oxygens (including phenoxy) is 2. The van der Waals surface area contributed by atoms with Crippen LogP contribution in [0.3, 0.4) is 0 Å². The Labute approximate surface area is 183 Å². The van der Waals surface area contributed by atoms with Gasteiger partial charge in [-0.25, -0.2) is 0 Å². The molecule has 0 N–H and O–H groups in total. The lowest BCUT2D eigenvalue weighted by Crippen LogP contribution is -2.27. The molecule has 1 aliphatic heterocycles. The van der Waals surface area contributed by atoms with Crippen LogP contribution >= 0.6 is 35.0 Å². The van der Waals surface area contributed by atoms with Gasteiger partial charge in [-0.15, -0.1) is 0 Å². The molecule has 0 saturated carbocycles. The number of imide groups is 1. The molecule has 0 spiro atoms. The molecule has 0 unspecified atom stereocenters. The van der Waals surface area contributed by atoms with Crippen molar-refractivity contribution in [1.29, 1.82) is 0 Å². The van der Waals surface area contributed by atoms with Gasteiger partial charge >= 0.3 is 0 Å². The number of halogens is 2. The molecule has 3 rings (SSSR count). The van der Waals surface area contributed by atoms with E-state index in [4.69, 9.17) is 32.7 Å². The van der Waals surface area contributed by atoms with Gasteiger partial charge in [-0.2, -0.15) is 0 Å². The fourth-order valence-corrected chi connectivity index (χ4v) is 4.11. The lowest BCUT2D eigenvalue weighted by molar-refractivity contribution is -0.123.